The molecule has 5 rings (SSSR count). The maximum absolute atomic E-state index is 14.8. The molecule has 1 aromatic heterocycles. The normalized spacial score (nSPS) is 12.8. The van der Waals surface area contributed by atoms with E-state index < -0.39 is 34.5 Å². The minimum absolute atomic E-state index is 0.0298. The SMILES string of the molecule is CCN(CC)c1ccc(NC(=O)c2cccc(CCCOCCOCCOCCOCCNS(O)(F)c3ccc(CCC(=O)O)cc3)c2)c(-c2cc(C(=O)NCc3cccc(C(F)(F)F)c3)ccn2)c1. The van der Waals surface area contributed by atoms with Crippen molar-refractivity contribution in [2.75, 3.05) is 82.7 Å². The van der Waals surface area contributed by atoms with Crippen LogP contribution < -0.4 is 20.3 Å². The summed E-state index contributed by atoms with van der Waals surface area (Å²) in [6.45, 7) is 8.23. The number of pyridine rings is 1. The lowest BCUT2D eigenvalue weighted by Gasteiger charge is -2.25. The number of carboxylic acids is 1. The summed E-state index contributed by atoms with van der Waals surface area (Å²) < 4.78 is 89.4. The number of aromatic nitrogens is 1. The van der Waals surface area contributed by atoms with Crippen LogP contribution in [0, 0.1) is 0 Å². The van der Waals surface area contributed by atoms with E-state index >= 15 is 0 Å². The minimum atomic E-state index is -4.50. The first kappa shape index (κ1) is 55.0. The average Bonchev–Trinajstić information content (AvgIpc) is 3.35. The van der Waals surface area contributed by atoms with Crippen LogP contribution in [0.5, 0.6) is 0 Å². The van der Waals surface area contributed by atoms with Gasteiger partial charge in [-0.15, -0.1) is 3.89 Å². The van der Waals surface area contributed by atoms with Crippen molar-refractivity contribution in [2.45, 2.75) is 57.1 Å². The number of aliphatic carboxylic acids is 1. The predicted molar refractivity (Wildman–Crippen MR) is 262 cm³/mol. The zero-order valence-corrected chi connectivity index (χ0v) is 40.1. The van der Waals surface area contributed by atoms with Gasteiger partial charge in [-0.25, -0.2) is 4.72 Å². The number of hydrogen-bond donors (Lipinski definition) is 5. The predicted octanol–water partition coefficient (Wildman–Crippen LogP) is 9.54. The topological polar surface area (TPSA) is 181 Å². The Morgan fingerprint density at radius 2 is 1.34 bits per heavy atom. The molecule has 4 aromatic carbocycles. The van der Waals surface area contributed by atoms with Crippen LogP contribution in [0.1, 0.15) is 69.7 Å². The summed E-state index contributed by atoms with van der Waals surface area (Å²) in [4.78, 5) is 44.5. The lowest BCUT2D eigenvalue weighted by molar-refractivity contribution is -0.138. The molecule has 0 bridgehead atoms. The zero-order chi connectivity index (χ0) is 50.4. The number of benzene rings is 4. The van der Waals surface area contributed by atoms with Gasteiger partial charge in [-0.2, -0.15) is 13.2 Å². The number of hydrogen-bond acceptors (Lipinski definition) is 11. The third kappa shape index (κ3) is 18.1. The van der Waals surface area contributed by atoms with Crippen molar-refractivity contribution in [1.29, 1.82) is 0 Å². The molecular weight excluding hydrogens is 935 g/mol. The van der Waals surface area contributed by atoms with Crippen molar-refractivity contribution in [1.82, 2.24) is 15.0 Å². The smallest absolute Gasteiger partial charge is 0.416 e. The van der Waals surface area contributed by atoms with Crippen molar-refractivity contribution >= 4 is 40.0 Å². The van der Waals surface area contributed by atoms with Crippen LogP contribution in [-0.2, 0) is 49.3 Å². The number of aryl methyl sites for hydroxylation is 2. The number of carbonyl (C=O) groups excluding carboxylic acids is 2. The van der Waals surface area contributed by atoms with E-state index in [1.165, 1.54) is 36.5 Å². The molecule has 0 spiro atoms. The number of carbonyl (C=O) groups is 3. The molecule has 2 amide bonds. The van der Waals surface area contributed by atoms with Crippen molar-refractivity contribution in [3.05, 3.63) is 143 Å². The molecule has 0 fully saturated rings. The summed E-state index contributed by atoms with van der Waals surface area (Å²) in [5.74, 6) is -1.75. The fourth-order valence-electron chi connectivity index (χ4n) is 7.12. The standard InChI is InChI=1S/C51H61F4N5O9S/c1-3-60(4-2)43-16-19-46(45(35-43)47-34-41(21-22-56-47)49(63)57-36-39-9-6-12-42(33-39)51(52,53)54)59-50(64)40-11-5-8-38(32-40)10-7-24-66-26-28-68-30-31-69-29-27-67-25-23-58-70(55,65)44-17-13-37(14-18-44)15-20-48(61)62/h5-6,8-9,11-14,16-19,21-22,32-35,58,65H,3-4,7,10,15,20,23-31,36H2,1-2H3,(H,57,63)(H,59,64)(H,61,62). The quantitative estimate of drug-likeness (QED) is 0.0218. The minimum Gasteiger partial charge on any atom is -0.481 e. The van der Waals surface area contributed by atoms with Crippen LogP contribution in [0.25, 0.3) is 11.3 Å². The Balaban J connectivity index is 0.996. The monoisotopic (exact) mass is 995 g/mol. The maximum Gasteiger partial charge on any atom is 0.416 e. The van der Waals surface area contributed by atoms with Crippen molar-refractivity contribution in [3.63, 3.8) is 0 Å². The second-order valence-electron chi connectivity index (χ2n) is 15.9. The van der Waals surface area contributed by atoms with Crippen molar-refractivity contribution in [3.8, 4) is 11.3 Å². The first-order chi connectivity index (χ1) is 33.7. The van der Waals surface area contributed by atoms with Gasteiger partial charge < -0.3 is 44.1 Å². The molecule has 1 atom stereocenters. The number of ether oxygens (including phenoxy) is 4. The van der Waals surface area contributed by atoms with Crippen LogP contribution in [0.2, 0.25) is 0 Å². The first-order valence-electron chi connectivity index (χ1n) is 23.0. The number of nitrogens with zero attached hydrogens (tertiary/aromatic N) is 2. The molecule has 70 heavy (non-hydrogen) atoms. The fraction of sp³-hybridized carbons (Fsp3) is 0.373. The molecule has 5 N–H and O–H groups in total. The molecule has 0 aliphatic rings. The van der Waals surface area contributed by atoms with Gasteiger partial charge in [-0.05, 0) is 117 Å². The highest BCUT2D eigenvalue weighted by atomic mass is 32.3. The molecule has 1 heterocycles. The van der Waals surface area contributed by atoms with Gasteiger partial charge in [0.05, 0.1) is 68.1 Å². The molecule has 378 valence electrons. The molecule has 5 aromatic rings. The first-order valence-corrected chi connectivity index (χ1v) is 24.5. The molecule has 0 saturated heterocycles. The molecule has 19 heteroatoms. The van der Waals surface area contributed by atoms with Gasteiger partial charge in [-0.1, -0.05) is 36.4 Å². The van der Waals surface area contributed by atoms with Gasteiger partial charge in [0.25, 0.3) is 11.8 Å². The van der Waals surface area contributed by atoms with Gasteiger partial charge in [0.2, 0.25) is 0 Å². The van der Waals surface area contributed by atoms with E-state index in [1.54, 1.807) is 30.3 Å². The highest BCUT2D eigenvalue weighted by Gasteiger charge is 2.30. The Hall–Kier alpha value is -5.93. The Kier molecular flexibility index (Phi) is 22.0. The lowest BCUT2D eigenvalue weighted by atomic mass is 10.0. The van der Waals surface area contributed by atoms with Gasteiger partial charge >= 0.3 is 12.1 Å². The van der Waals surface area contributed by atoms with Crippen LogP contribution in [0.4, 0.5) is 28.4 Å². The van der Waals surface area contributed by atoms with Crippen LogP contribution >= 0.6 is 10.9 Å². The van der Waals surface area contributed by atoms with E-state index in [0.29, 0.717) is 87.0 Å². The van der Waals surface area contributed by atoms with Gasteiger partial charge in [0.15, 0.2) is 0 Å². The molecule has 0 radical (unpaired) electrons. The summed E-state index contributed by atoms with van der Waals surface area (Å²) in [7, 11) is -3.72. The van der Waals surface area contributed by atoms with E-state index in [-0.39, 0.29) is 49.1 Å². The Morgan fingerprint density at radius 3 is 2.01 bits per heavy atom. The highest BCUT2D eigenvalue weighted by molar-refractivity contribution is 8.23. The summed E-state index contributed by atoms with van der Waals surface area (Å²) >= 11 is 0. The summed E-state index contributed by atoms with van der Waals surface area (Å²) in [5.41, 5.74) is 4.27. The molecule has 0 aliphatic carbocycles. The largest absolute Gasteiger partial charge is 0.481 e. The van der Waals surface area contributed by atoms with Crippen LogP contribution in [0.15, 0.2) is 114 Å². The maximum atomic E-state index is 14.8. The average molecular weight is 996 g/mol. The van der Waals surface area contributed by atoms with E-state index in [0.717, 1.165) is 42.0 Å². The number of anilines is 2. The van der Waals surface area contributed by atoms with E-state index in [2.05, 4.69) is 25.2 Å². The van der Waals surface area contributed by atoms with E-state index in [9.17, 15) is 36.0 Å². The second kappa shape index (κ2) is 28.1. The highest BCUT2D eigenvalue weighted by Crippen LogP contribution is 2.49. The van der Waals surface area contributed by atoms with Crippen molar-refractivity contribution in [2.24, 2.45) is 0 Å². The third-order valence-electron chi connectivity index (χ3n) is 10.8. The lowest BCUT2D eigenvalue weighted by Crippen LogP contribution is -2.23. The summed E-state index contributed by atoms with van der Waals surface area (Å²) in [6, 6.07) is 26.9. The number of rotatable bonds is 30. The zero-order valence-electron chi connectivity index (χ0n) is 39.3. The Morgan fingerprint density at radius 1 is 0.700 bits per heavy atom. The molecule has 14 nitrogen and oxygen atoms in total. The molecule has 1 unspecified atom stereocenters. The number of amides is 2. The van der Waals surface area contributed by atoms with Crippen molar-refractivity contribution < 1.29 is 60.0 Å². The second-order valence-corrected chi connectivity index (χ2v) is 17.6. The number of alkyl halides is 3. The van der Waals surface area contributed by atoms with Crippen LogP contribution in [-0.4, -0.2) is 105 Å². The summed E-state index contributed by atoms with van der Waals surface area (Å²) in [5, 5.41) is 14.5. The molecular formula is C51H61F4N5O9S. The number of nitrogens with one attached hydrogen (secondary N) is 3. The van der Waals surface area contributed by atoms with Gasteiger partial charge in [0, 0.05) is 67.8 Å². The number of halogens is 4. The molecule has 0 aliphatic heterocycles. The fourth-order valence-corrected chi connectivity index (χ4v) is 8.14. The third-order valence-corrected chi connectivity index (χ3v) is 12.3. The Labute approximate surface area is 407 Å². The summed E-state index contributed by atoms with van der Waals surface area (Å²) in [6.07, 6.45) is -1.35. The van der Waals surface area contributed by atoms with E-state index in [4.69, 9.17) is 24.1 Å². The van der Waals surface area contributed by atoms with Gasteiger partial charge in [-0.3, -0.25) is 19.4 Å². The molecule has 0 saturated carbocycles. The van der Waals surface area contributed by atoms with Gasteiger partial charge in [0.1, 0.15) is 10.9 Å². The van der Waals surface area contributed by atoms with E-state index in [1.807, 2.05) is 44.2 Å². The Bertz CT molecular complexity index is 2440. The van der Waals surface area contributed by atoms with Crippen LogP contribution in [0.3, 0.4) is 0 Å². The number of carboxylic acid groups (broad SMARTS) is 1.